The van der Waals surface area contributed by atoms with Crippen molar-refractivity contribution in [2.45, 2.75) is 38.9 Å². The van der Waals surface area contributed by atoms with Gasteiger partial charge >= 0.3 is 7.12 Å². The highest BCUT2D eigenvalue weighted by Gasteiger charge is 2.51. The highest BCUT2D eigenvalue weighted by atomic mass is 16.7. The summed E-state index contributed by atoms with van der Waals surface area (Å²) in [5.74, 6) is 0. The van der Waals surface area contributed by atoms with E-state index in [1.165, 1.54) is 0 Å². The predicted molar refractivity (Wildman–Crippen MR) is 75.0 cm³/mol. The van der Waals surface area contributed by atoms with Crippen LogP contribution < -0.4 is 11.2 Å². The molecular weight excluding hydrogens is 243 g/mol. The first-order valence-corrected chi connectivity index (χ1v) is 5.98. The van der Waals surface area contributed by atoms with Crippen molar-refractivity contribution in [1.29, 1.82) is 5.41 Å². The smallest absolute Gasteiger partial charge is 0.399 e. The van der Waals surface area contributed by atoms with E-state index in [-0.39, 0.29) is 18.3 Å². The highest BCUT2D eigenvalue weighted by molar-refractivity contribution is 6.62. The fraction of sp³-hybridized carbons (Fsp3) is 0.462. The number of anilines is 1. The van der Waals surface area contributed by atoms with Crippen LogP contribution in [0.25, 0.3) is 0 Å². The maximum atomic E-state index is 8.35. The minimum Gasteiger partial charge on any atom is -0.399 e. The molecule has 5 nitrogen and oxygen atoms in total. The Morgan fingerprint density at radius 1 is 1.11 bits per heavy atom. The van der Waals surface area contributed by atoms with Crippen LogP contribution in [0.2, 0.25) is 0 Å². The Kier molecular flexibility index (Phi) is 4.53. The molecule has 0 radical (unpaired) electrons. The molecule has 0 amide bonds. The van der Waals surface area contributed by atoms with Crippen molar-refractivity contribution >= 4 is 24.3 Å². The maximum absolute atomic E-state index is 8.35. The predicted octanol–water partition coefficient (Wildman–Crippen LogP) is 1.47. The molecule has 1 saturated heterocycles. The van der Waals surface area contributed by atoms with Crippen LogP contribution in [0.4, 0.5) is 5.69 Å². The third kappa shape index (κ3) is 3.44. The average molecular weight is 262 g/mol. The molecular formula is C13H19BN2O3. The molecule has 1 aromatic carbocycles. The molecule has 0 atom stereocenters. The van der Waals surface area contributed by atoms with Gasteiger partial charge in [0.15, 0.2) is 0 Å². The molecule has 1 aromatic rings. The van der Waals surface area contributed by atoms with Gasteiger partial charge in [0.25, 0.3) is 0 Å². The zero-order valence-electron chi connectivity index (χ0n) is 11.7. The summed E-state index contributed by atoms with van der Waals surface area (Å²) in [6, 6.07) is 7.61. The van der Waals surface area contributed by atoms with Crippen LogP contribution in [0.1, 0.15) is 27.7 Å². The maximum Gasteiger partial charge on any atom is 0.494 e. The van der Waals surface area contributed by atoms with Gasteiger partial charge in [0.1, 0.15) is 0 Å². The topological polar surface area (TPSA) is 85.4 Å². The number of nitrogen functional groups attached to an aromatic ring is 1. The lowest BCUT2D eigenvalue weighted by molar-refractivity contribution is 0.00578. The first-order chi connectivity index (χ1) is 8.73. The average Bonchev–Trinajstić information content (AvgIpc) is 2.50. The summed E-state index contributed by atoms with van der Waals surface area (Å²) in [7, 11) is -0.300. The Labute approximate surface area is 113 Å². The SMILES string of the molecule is CC1(C)OB(c2ccc(N)cc2)OC1(C)C.N=C=O. The number of isocyanates is 1. The van der Waals surface area contributed by atoms with Crippen molar-refractivity contribution in [1.82, 2.24) is 0 Å². The Hall–Kier alpha value is -1.62. The van der Waals surface area contributed by atoms with Gasteiger partial charge in [-0.15, -0.1) is 0 Å². The van der Waals surface area contributed by atoms with E-state index in [2.05, 4.69) is 0 Å². The molecule has 0 aliphatic carbocycles. The first-order valence-electron chi connectivity index (χ1n) is 5.98. The minimum atomic E-state index is -0.300. The van der Waals surface area contributed by atoms with Gasteiger partial charge in [-0.3, -0.25) is 0 Å². The van der Waals surface area contributed by atoms with Gasteiger partial charge in [0, 0.05) is 5.69 Å². The summed E-state index contributed by atoms with van der Waals surface area (Å²) >= 11 is 0. The van der Waals surface area contributed by atoms with Crippen LogP contribution in [0.15, 0.2) is 24.3 Å². The van der Waals surface area contributed by atoms with Crippen LogP contribution in [-0.4, -0.2) is 24.4 Å². The molecule has 0 bridgehead atoms. The fourth-order valence-electron chi connectivity index (χ4n) is 1.63. The van der Waals surface area contributed by atoms with Gasteiger partial charge in [-0.25, -0.2) is 10.2 Å². The molecule has 3 N–H and O–H groups in total. The van der Waals surface area contributed by atoms with E-state index in [0.29, 0.717) is 0 Å². The molecule has 1 aliphatic rings. The standard InChI is InChI=1S/C12H18BNO2.CHNO/c1-11(2)12(3,4)16-13(15-11)9-5-7-10(14)8-6-9;2-1-3/h5-8H,14H2,1-4H3;2H. The van der Waals surface area contributed by atoms with Gasteiger partial charge in [0.05, 0.1) is 11.2 Å². The molecule has 19 heavy (non-hydrogen) atoms. The third-order valence-electron chi connectivity index (χ3n) is 3.46. The number of hydrogen-bond acceptors (Lipinski definition) is 5. The van der Waals surface area contributed by atoms with E-state index < -0.39 is 0 Å². The molecule has 1 heterocycles. The summed E-state index contributed by atoms with van der Waals surface area (Å²) < 4.78 is 11.9. The fourth-order valence-corrected chi connectivity index (χ4v) is 1.63. The molecule has 102 valence electrons. The summed E-state index contributed by atoms with van der Waals surface area (Å²) in [6.07, 6.45) is 0.750. The summed E-state index contributed by atoms with van der Waals surface area (Å²) in [4.78, 5) is 8.35. The van der Waals surface area contributed by atoms with Crippen LogP contribution in [0, 0.1) is 5.41 Å². The van der Waals surface area contributed by atoms with E-state index in [9.17, 15) is 0 Å². The van der Waals surface area contributed by atoms with Crippen LogP contribution in [0.3, 0.4) is 0 Å². The van der Waals surface area contributed by atoms with Gasteiger partial charge < -0.3 is 15.0 Å². The number of rotatable bonds is 1. The largest absolute Gasteiger partial charge is 0.494 e. The number of benzene rings is 1. The second-order valence-electron chi connectivity index (χ2n) is 5.36. The summed E-state index contributed by atoms with van der Waals surface area (Å²) in [5.41, 5.74) is 6.82. The number of hydrogen-bond donors (Lipinski definition) is 2. The zero-order chi connectivity index (χ0) is 14.7. The lowest BCUT2D eigenvalue weighted by Crippen LogP contribution is -2.41. The van der Waals surface area contributed by atoms with Crippen molar-refractivity contribution in [2.24, 2.45) is 0 Å². The van der Waals surface area contributed by atoms with Crippen molar-refractivity contribution in [3.63, 3.8) is 0 Å². The van der Waals surface area contributed by atoms with Gasteiger partial charge in [-0.05, 0) is 45.3 Å². The van der Waals surface area contributed by atoms with Gasteiger partial charge in [-0.1, -0.05) is 12.1 Å². The monoisotopic (exact) mass is 262 g/mol. The van der Waals surface area contributed by atoms with Crippen LogP contribution in [0.5, 0.6) is 0 Å². The molecule has 2 rings (SSSR count). The Balaban J connectivity index is 0.000000550. The van der Waals surface area contributed by atoms with Crippen LogP contribution >= 0.6 is 0 Å². The summed E-state index contributed by atoms with van der Waals surface area (Å²) in [6.45, 7) is 8.18. The van der Waals surface area contributed by atoms with E-state index in [1.807, 2.05) is 52.0 Å². The Morgan fingerprint density at radius 2 is 1.47 bits per heavy atom. The summed E-state index contributed by atoms with van der Waals surface area (Å²) in [5, 5.41) is 5.40. The highest BCUT2D eigenvalue weighted by Crippen LogP contribution is 2.36. The lowest BCUT2D eigenvalue weighted by atomic mass is 9.79. The van der Waals surface area contributed by atoms with E-state index in [1.54, 1.807) is 0 Å². The second-order valence-corrected chi connectivity index (χ2v) is 5.36. The lowest BCUT2D eigenvalue weighted by Gasteiger charge is -2.32. The quantitative estimate of drug-likeness (QED) is 0.347. The molecule has 0 spiro atoms. The third-order valence-corrected chi connectivity index (χ3v) is 3.46. The van der Waals surface area contributed by atoms with Crippen molar-refractivity contribution in [3.05, 3.63) is 24.3 Å². The number of carbonyl (C=O) groups excluding carboxylic acids is 1. The van der Waals surface area contributed by atoms with Crippen molar-refractivity contribution in [3.8, 4) is 0 Å². The molecule has 1 aliphatic heterocycles. The van der Waals surface area contributed by atoms with Crippen molar-refractivity contribution < 1.29 is 14.1 Å². The van der Waals surface area contributed by atoms with E-state index >= 15 is 0 Å². The first kappa shape index (κ1) is 15.4. The second kappa shape index (κ2) is 5.57. The van der Waals surface area contributed by atoms with E-state index in [4.69, 9.17) is 25.2 Å². The minimum absolute atomic E-state index is 0.293. The molecule has 6 heteroatoms. The van der Waals surface area contributed by atoms with Gasteiger partial charge in [0.2, 0.25) is 6.08 Å². The van der Waals surface area contributed by atoms with Crippen LogP contribution in [-0.2, 0) is 14.1 Å². The van der Waals surface area contributed by atoms with Gasteiger partial charge in [-0.2, -0.15) is 0 Å². The molecule has 0 aromatic heterocycles. The molecule has 1 fully saturated rings. The Morgan fingerprint density at radius 3 is 1.84 bits per heavy atom. The normalized spacial score (nSPS) is 19.3. The zero-order valence-corrected chi connectivity index (χ0v) is 11.7. The molecule has 0 unspecified atom stereocenters. The number of nitrogens with one attached hydrogen (secondary N) is 1. The van der Waals surface area contributed by atoms with Crippen molar-refractivity contribution in [2.75, 3.05) is 5.73 Å². The Bertz CT molecular complexity index is 449. The molecule has 0 saturated carbocycles. The number of nitrogens with two attached hydrogens (primary N) is 1. The van der Waals surface area contributed by atoms with E-state index in [0.717, 1.165) is 17.2 Å².